The number of nitrogens with zero attached hydrogens (tertiary/aromatic N) is 1. The summed E-state index contributed by atoms with van der Waals surface area (Å²) in [6.07, 6.45) is 1.80. The largest absolute Gasteiger partial charge is 0.480 e. The molecule has 1 N–H and O–H groups in total. The number of carbonyl (C=O) groups is 2. The third-order valence-electron chi connectivity index (χ3n) is 4.21. The maximum Gasteiger partial charge on any atom is 0.410 e. The number of hydrogen-bond donors (Lipinski definition) is 1. The Morgan fingerprint density at radius 2 is 1.96 bits per heavy atom. The Balaban J connectivity index is 1.98. The molecule has 0 unspecified atom stereocenters. The van der Waals surface area contributed by atoms with E-state index in [4.69, 9.17) is 4.74 Å². The number of carbonyl (C=O) groups excluding carboxylic acids is 1. The first-order chi connectivity index (χ1) is 11.0. The summed E-state index contributed by atoms with van der Waals surface area (Å²) < 4.78 is 5.32. The summed E-state index contributed by atoms with van der Waals surface area (Å²) in [5.41, 5.74) is 0.892. The minimum Gasteiger partial charge on any atom is -0.480 e. The van der Waals surface area contributed by atoms with Crippen molar-refractivity contribution in [3.8, 4) is 0 Å². The van der Waals surface area contributed by atoms with Crippen LogP contribution in [0.25, 0.3) is 0 Å². The Bertz CT molecular complexity index is 529. The van der Waals surface area contributed by atoms with E-state index in [0.29, 0.717) is 24.8 Å². The molecule has 0 saturated carbocycles. The molecule has 1 fully saturated rings. The number of hydrogen-bond acceptors (Lipinski definition) is 3. The lowest BCUT2D eigenvalue weighted by Crippen LogP contribution is -2.51. The molecule has 0 bridgehead atoms. The number of benzene rings is 1. The Hall–Kier alpha value is -2.04. The quantitative estimate of drug-likeness (QED) is 0.901. The summed E-state index contributed by atoms with van der Waals surface area (Å²) in [6.45, 7) is 4.91. The number of likely N-dealkylation sites (tertiary alicyclic amines) is 1. The molecule has 0 aromatic heterocycles. The normalized spacial score (nSPS) is 21.3. The number of rotatable bonds is 5. The van der Waals surface area contributed by atoms with Gasteiger partial charge in [-0.1, -0.05) is 44.2 Å². The first-order valence-electron chi connectivity index (χ1n) is 8.17. The van der Waals surface area contributed by atoms with E-state index in [1.807, 2.05) is 30.3 Å². The van der Waals surface area contributed by atoms with Crippen molar-refractivity contribution in [2.75, 3.05) is 6.54 Å². The molecular weight excluding hydrogens is 294 g/mol. The molecule has 1 amide bonds. The molecule has 1 aromatic rings. The molecule has 2 atom stereocenters. The van der Waals surface area contributed by atoms with Crippen molar-refractivity contribution in [3.63, 3.8) is 0 Å². The number of carboxylic acid groups (broad SMARTS) is 1. The van der Waals surface area contributed by atoms with Crippen LogP contribution in [0.4, 0.5) is 4.79 Å². The number of piperidine rings is 1. The highest BCUT2D eigenvalue weighted by molar-refractivity contribution is 5.80. The molecule has 1 heterocycles. The Kier molecular flexibility index (Phi) is 6.02. The maximum absolute atomic E-state index is 12.4. The van der Waals surface area contributed by atoms with E-state index < -0.39 is 18.1 Å². The SMILES string of the molecule is CC(C)C[C@H]1CC[C@H](C(=O)O)N(C(=O)OCc2ccccc2)C1. The van der Waals surface area contributed by atoms with E-state index in [9.17, 15) is 14.7 Å². The zero-order valence-electron chi connectivity index (χ0n) is 13.8. The monoisotopic (exact) mass is 319 g/mol. The topological polar surface area (TPSA) is 66.8 Å². The second-order valence-electron chi connectivity index (χ2n) is 6.62. The van der Waals surface area contributed by atoms with Crippen molar-refractivity contribution in [3.05, 3.63) is 35.9 Å². The number of ether oxygens (including phenoxy) is 1. The number of carboxylic acids is 1. The van der Waals surface area contributed by atoms with Crippen LogP contribution in [0.2, 0.25) is 0 Å². The van der Waals surface area contributed by atoms with E-state index in [2.05, 4.69) is 13.8 Å². The second-order valence-corrected chi connectivity index (χ2v) is 6.62. The number of amides is 1. The summed E-state index contributed by atoms with van der Waals surface area (Å²) in [7, 11) is 0. The molecule has 0 spiro atoms. The summed E-state index contributed by atoms with van der Waals surface area (Å²) in [5.74, 6) is -0.0805. The van der Waals surface area contributed by atoms with Gasteiger partial charge in [0, 0.05) is 6.54 Å². The van der Waals surface area contributed by atoms with Gasteiger partial charge in [-0.25, -0.2) is 9.59 Å². The zero-order valence-corrected chi connectivity index (χ0v) is 13.8. The van der Waals surface area contributed by atoms with Gasteiger partial charge >= 0.3 is 12.1 Å². The Morgan fingerprint density at radius 3 is 2.57 bits per heavy atom. The zero-order chi connectivity index (χ0) is 16.8. The van der Waals surface area contributed by atoms with Gasteiger partial charge in [0.05, 0.1) is 0 Å². The van der Waals surface area contributed by atoms with Crippen LogP contribution in [0.1, 0.15) is 38.7 Å². The van der Waals surface area contributed by atoms with Gasteiger partial charge in [-0.3, -0.25) is 4.90 Å². The van der Waals surface area contributed by atoms with Crippen LogP contribution in [0, 0.1) is 11.8 Å². The van der Waals surface area contributed by atoms with Gasteiger partial charge in [0.2, 0.25) is 0 Å². The van der Waals surface area contributed by atoms with Crippen LogP contribution in [0.5, 0.6) is 0 Å². The van der Waals surface area contributed by atoms with Crippen LogP contribution in [-0.4, -0.2) is 34.7 Å². The molecule has 0 radical (unpaired) electrons. The highest BCUT2D eigenvalue weighted by Crippen LogP contribution is 2.27. The molecule has 126 valence electrons. The molecule has 1 aromatic carbocycles. The van der Waals surface area contributed by atoms with Gasteiger partial charge in [-0.05, 0) is 36.7 Å². The summed E-state index contributed by atoms with van der Waals surface area (Å²) in [6, 6.07) is 8.62. The van der Waals surface area contributed by atoms with Gasteiger partial charge in [0.15, 0.2) is 0 Å². The van der Waals surface area contributed by atoms with Gasteiger partial charge < -0.3 is 9.84 Å². The fourth-order valence-electron chi connectivity index (χ4n) is 3.17. The maximum atomic E-state index is 12.4. The third-order valence-corrected chi connectivity index (χ3v) is 4.21. The molecule has 1 aliphatic heterocycles. The van der Waals surface area contributed by atoms with Crippen LogP contribution in [-0.2, 0) is 16.1 Å². The average Bonchev–Trinajstić information content (AvgIpc) is 2.52. The lowest BCUT2D eigenvalue weighted by atomic mass is 9.87. The molecular formula is C18H25NO4. The van der Waals surface area contributed by atoms with E-state index in [-0.39, 0.29) is 6.61 Å². The van der Waals surface area contributed by atoms with Crippen molar-refractivity contribution in [1.29, 1.82) is 0 Å². The van der Waals surface area contributed by atoms with Crippen molar-refractivity contribution in [1.82, 2.24) is 4.90 Å². The lowest BCUT2D eigenvalue weighted by Gasteiger charge is -2.37. The predicted octanol–water partition coefficient (Wildman–Crippen LogP) is 3.53. The highest BCUT2D eigenvalue weighted by Gasteiger charge is 2.36. The van der Waals surface area contributed by atoms with Crippen molar-refractivity contribution < 1.29 is 19.4 Å². The van der Waals surface area contributed by atoms with Crippen molar-refractivity contribution in [2.45, 2.75) is 45.8 Å². The van der Waals surface area contributed by atoms with Crippen LogP contribution in [0.3, 0.4) is 0 Å². The van der Waals surface area contributed by atoms with Crippen molar-refractivity contribution >= 4 is 12.1 Å². The summed E-state index contributed by atoms with van der Waals surface area (Å²) in [4.78, 5) is 25.2. The molecule has 5 heteroatoms. The van der Waals surface area contributed by atoms with Crippen LogP contribution < -0.4 is 0 Å². The molecule has 2 rings (SSSR count). The smallest absolute Gasteiger partial charge is 0.410 e. The Morgan fingerprint density at radius 1 is 1.26 bits per heavy atom. The highest BCUT2D eigenvalue weighted by atomic mass is 16.6. The predicted molar refractivity (Wildman–Crippen MR) is 86.9 cm³/mol. The molecule has 1 saturated heterocycles. The molecule has 0 aliphatic carbocycles. The van der Waals surface area contributed by atoms with Gasteiger partial charge in [-0.15, -0.1) is 0 Å². The molecule has 5 nitrogen and oxygen atoms in total. The summed E-state index contributed by atoms with van der Waals surface area (Å²) >= 11 is 0. The average molecular weight is 319 g/mol. The first kappa shape index (κ1) is 17.3. The second kappa shape index (κ2) is 7.99. The standard InChI is InChI=1S/C18H25NO4/c1-13(2)10-15-8-9-16(17(20)21)19(11-15)18(22)23-12-14-6-4-3-5-7-14/h3-7,13,15-16H,8-12H2,1-2H3,(H,20,21)/t15-,16-/m1/s1. The van der Waals surface area contributed by atoms with E-state index in [0.717, 1.165) is 18.4 Å². The van der Waals surface area contributed by atoms with E-state index >= 15 is 0 Å². The first-order valence-corrected chi connectivity index (χ1v) is 8.17. The van der Waals surface area contributed by atoms with Gasteiger partial charge in [0.1, 0.15) is 12.6 Å². The van der Waals surface area contributed by atoms with Crippen molar-refractivity contribution in [2.24, 2.45) is 11.8 Å². The summed E-state index contributed by atoms with van der Waals surface area (Å²) in [5, 5.41) is 9.36. The molecule has 23 heavy (non-hydrogen) atoms. The lowest BCUT2D eigenvalue weighted by molar-refractivity contribution is -0.144. The fourth-order valence-corrected chi connectivity index (χ4v) is 3.17. The van der Waals surface area contributed by atoms with Gasteiger partial charge in [-0.2, -0.15) is 0 Å². The third kappa shape index (κ3) is 4.98. The fraction of sp³-hybridized carbons (Fsp3) is 0.556. The minimum absolute atomic E-state index is 0.164. The molecule has 1 aliphatic rings. The van der Waals surface area contributed by atoms with E-state index in [1.54, 1.807) is 0 Å². The van der Waals surface area contributed by atoms with Crippen LogP contribution >= 0.6 is 0 Å². The van der Waals surface area contributed by atoms with Crippen LogP contribution in [0.15, 0.2) is 30.3 Å². The number of aliphatic carboxylic acids is 1. The van der Waals surface area contributed by atoms with Gasteiger partial charge in [0.25, 0.3) is 0 Å². The van der Waals surface area contributed by atoms with E-state index in [1.165, 1.54) is 4.90 Å². The Labute approximate surface area is 137 Å². The minimum atomic E-state index is -0.954.